The van der Waals surface area contributed by atoms with Crippen molar-refractivity contribution in [1.82, 2.24) is 19.8 Å². The van der Waals surface area contributed by atoms with Crippen LogP contribution in [0.3, 0.4) is 0 Å². The Morgan fingerprint density at radius 3 is 2.76 bits per heavy atom. The maximum Gasteiger partial charge on any atom is 0.410 e. The van der Waals surface area contributed by atoms with Crippen LogP contribution in [0.5, 0.6) is 0 Å². The third-order valence-corrected chi connectivity index (χ3v) is 5.06. The molecule has 3 rings (SSSR count). The third-order valence-electron chi connectivity index (χ3n) is 5.06. The Hall–Kier alpha value is -1.69. The molecule has 0 bridgehead atoms. The molecule has 0 unspecified atom stereocenters. The number of likely N-dealkylation sites (N-methyl/N-ethyl adjacent to an activating group) is 1. The summed E-state index contributed by atoms with van der Waals surface area (Å²) >= 11 is 0. The first-order chi connectivity index (χ1) is 11.7. The summed E-state index contributed by atoms with van der Waals surface area (Å²) in [5.74, 6) is 0.421. The van der Waals surface area contributed by atoms with Gasteiger partial charge in [0.2, 0.25) is 0 Å². The fourth-order valence-electron chi connectivity index (χ4n) is 3.84. The van der Waals surface area contributed by atoms with Crippen molar-refractivity contribution in [3.05, 3.63) is 23.3 Å². The zero-order valence-electron chi connectivity index (χ0n) is 16.1. The summed E-state index contributed by atoms with van der Waals surface area (Å²) in [5.41, 5.74) is 2.86. The molecule has 2 aliphatic heterocycles. The van der Waals surface area contributed by atoms with Crippen molar-refractivity contribution in [2.24, 2.45) is 0 Å². The Balaban J connectivity index is 1.86. The summed E-state index contributed by atoms with van der Waals surface area (Å²) in [6.07, 6.45) is 4.54. The second-order valence-electron chi connectivity index (χ2n) is 8.45. The van der Waals surface area contributed by atoms with Crippen molar-refractivity contribution in [3.63, 3.8) is 0 Å². The molecule has 0 spiro atoms. The summed E-state index contributed by atoms with van der Waals surface area (Å²) in [4.78, 5) is 26.0. The number of rotatable bonds is 1. The number of amides is 1. The van der Waals surface area contributed by atoms with Gasteiger partial charge in [-0.3, -0.25) is 0 Å². The highest BCUT2D eigenvalue weighted by atomic mass is 16.6. The molecule has 1 amide bonds. The molecular formula is C19H30N4O2. The van der Waals surface area contributed by atoms with Gasteiger partial charge in [-0.2, -0.15) is 0 Å². The standard InChI is InChI=1S/C19H30N4O2/c1-13-9-16-15(11-23(13)18(24)25-19(2,3)4)17(21-12-20-16)14-7-6-8-22(5)10-14/h12-14H,6-11H2,1-5H3/t13-,14+/m1/s1. The topological polar surface area (TPSA) is 58.6 Å². The molecule has 1 aromatic rings. The van der Waals surface area contributed by atoms with Gasteiger partial charge in [-0.25, -0.2) is 14.8 Å². The Labute approximate surface area is 150 Å². The van der Waals surface area contributed by atoms with Gasteiger partial charge in [0.1, 0.15) is 11.9 Å². The van der Waals surface area contributed by atoms with Crippen LogP contribution in [0.15, 0.2) is 6.33 Å². The molecule has 1 aromatic heterocycles. The smallest absolute Gasteiger partial charge is 0.410 e. The van der Waals surface area contributed by atoms with Crippen LogP contribution in [0.25, 0.3) is 0 Å². The van der Waals surface area contributed by atoms with Crippen LogP contribution in [-0.4, -0.2) is 57.6 Å². The molecule has 0 aliphatic carbocycles. The highest BCUT2D eigenvalue weighted by molar-refractivity contribution is 5.69. The Kier molecular flexibility index (Phi) is 5.00. The minimum atomic E-state index is -0.487. The van der Waals surface area contributed by atoms with Crippen LogP contribution in [-0.2, 0) is 17.7 Å². The molecule has 2 aliphatic rings. The van der Waals surface area contributed by atoms with E-state index in [4.69, 9.17) is 4.74 Å². The van der Waals surface area contributed by atoms with Gasteiger partial charge in [-0.05, 0) is 54.1 Å². The average Bonchev–Trinajstić information content (AvgIpc) is 2.51. The number of hydrogen-bond acceptors (Lipinski definition) is 5. The third kappa shape index (κ3) is 4.11. The van der Waals surface area contributed by atoms with E-state index in [0.717, 1.165) is 42.9 Å². The molecule has 25 heavy (non-hydrogen) atoms. The average molecular weight is 346 g/mol. The lowest BCUT2D eigenvalue weighted by molar-refractivity contribution is 0.0134. The first kappa shape index (κ1) is 18.1. The van der Waals surface area contributed by atoms with E-state index in [2.05, 4.69) is 28.8 Å². The molecule has 0 saturated carbocycles. The maximum absolute atomic E-state index is 12.6. The summed E-state index contributed by atoms with van der Waals surface area (Å²) in [6.45, 7) is 10.5. The van der Waals surface area contributed by atoms with Crippen molar-refractivity contribution >= 4 is 6.09 Å². The number of carbonyl (C=O) groups is 1. The minimum Gasteiger partial charge on any atom is -0.444 e. The number of fused-ring (bicyclic) bond motifs is 1. The van der Waals surface area contributed by atoms with E-state index >= 15 is 0 Å². The predicted molar refractivity (Wildman–Crippen MR) is 96.4 cm³/mol. The van der Waals surface area contributed by atoms with Crippen molar-refractivity contribution in [2.75, 3.05) is 20.1 Å². The number of piperidine rings is 1. The highest BCUT2D eigenvalue weighted by Gasteiger charge is 2.34. The summed E-state index contributed by atoms with van der Waals surface area (Å²) in [6, 6.07) is 0.0825. The maximum atomic E-state index is 12.6. The Bertz CT molecular complexity index is 641. The largest absolute Gasteiger partial charge is 0.444 e. The highest BCUT2D eigenvalue weighted by Crippen LogP contribution is 2.32. The monoisotopic (exact) mass is 346 g/mol. The summed E-state index contributed by atoms with van der Waals surface area (Å²) < 4.78 is 5.60. The molecule has 3 heterocycles. The molecule has 0 radical (unpaired) electrons. The van der Waals surface area contributed by atoms with Crippen molar-refractivity contribution < 1.29 is 9.53 Å². The van der Waals surface area contributed by atoms with E-state index in [1.165, 1.54) is 6.42 Å². The van der Waals surface area contributed by atoms with Crippen LogP contribution >= 0.6 is 0 Å². The van der Waals surface area contributed by atoms with Crippen LogP contribution in [0.2, 0.25) is 0 Å². The van der Waals surface area contributed by atoms with Gasteiger partial charge in [0.05, 0.1) is 17.9 Å². The normalized spacial score (nSPS) is 24.8. The van der Waals surface area contributed by atoms with E-state index in [1.807, 2.05) is 25.7 Å². The summed E-state index contributed by atoms with van der Waals surface area (Å²) in [5, 5.41) is 0. The number of likely N-dealkylation sites (tertiary alicyclic amines) is 1. The predicted octanol–water partition coefficient (Wildman–Crippen LogP) is 2.97. The first-order valence-electron chi connectivity index (χ1n) is 9.25. The van der Waals surface area contributed by atoms with Crippen LogP contribution in [0, 0.1) is 0 Å². The second kappa shape index (κ2) is 6.90. The second-order valence-corrected chi connectivity index (χ2v) is 8.45. The van der Waals surface area contributed by atoms with Crippen molar-refractivity contribution in [2.45, 2.75) is 71.1 Å². The number of nitrogens with zero attached hydrogens (tertiary/aromatic N) is 4. The van der Waals surface area contributed by atoms with Crippen LogP contribution < -0.4 is 0 Å². The number of aromatic nitrogens is 2. The van der Waals surface area contributed by atoms with Gasteiger partial charge in [0.25, 0.3) is 0 Å². The SMILES string of the molecule is C[C@@H]1Cc2ncnc([C@H]3CCCN(C)C3)c2CN1C(=O)OC(C)(C)C. The lowest BCUT2D eigenvalue weighted by atomic mass is 9.88. The fourth-order valence-corrected chi connectivity index (χ4v) is 3.84. The Morgan fingerprint density at radius 2 is 2.08 bits per heavy atom. The molecular weight excluding hydrogens is 316 g/mol. The molecule has 0 N–H and O–H groups in total. The molecule has 6 nitrogen and oxygen atoms in total. The molecule has 2 atom stereocenters. The van der Waals surface area contributed by atoms with E-state index in [9.17, 15) is 4.79 Å². The van der Waals surface area contributed by atoms with E-state index in [1.54, 1.807) is 6.33 Å². The number of ether oxygens (including phenoxy) is 1. The van der Waals surface area contributed by atoms with Crippen LogP contribution in [0.1, 0.15) is 63.4 Å². The van der Waals surface area contributed by atoms with Crippen LogP contribution in [0.4, 0.5) is 4.79 Å². The molecule has 0 aromatic carbocycles. The van der Waals surface area contributed by atoms with Gasteiger partial charge in [-0.15, -0.1) is 0 Å². The Morgan fingerprint density at radius 1 is 1.32 bits per heavy atom. The molecule has 1 fully saturated rings. The van der Waals surface area contributed by atoms with Crippen molar-refractivity contribution in [3.8, 4) is 0 Å². The zero-order chi connectivity index (χ0) is 18.2. The van der Waals surface area contributed by atoms with E-state index in [0.29, 0.717) is 12.5 Å². The lowest BCUT2D eigenvalue weighted by Crippen LogP contribution is -2.46. The van der Waals surface area contributed by atoms with Crippen molar-refractivity contribution in [1.29, 1.82) is 0 Å². The van der Waals surface area contributed by atoms with Gasteiger partial charge in [-0.1, -0.05) is 0 Å². The van der Waals surface area contributed by atoms with E-state index < -0.39 is 5.60 Å². The van der Waals surface area contributed by atoms with Gasteiger partial charge < -0.3 is 14.5 Å². The van der Waals surface area contributed by atoms with Gasteiger partial charge in [0, 0.05) is 30.5 Å². The zero-order valence-corrected chi connectivity index (χ0v) is 16.1. The first-order valence-corrected chi connectivity index (χ1v) is 9.25. The molecule has 138 valence electrons. The van der Waals surface area contributed by atoms with Gasteiger partial charge in [0.15, 0.2) is 0 Å². The van der Waals surface area contributed by atoms with E-state index in [-0.39, 0.29) is 12.1 Å². The number of carbonyl (C=O) groups excluding carboxylic acids is 1. The molecule has 1 saturated heterocycles. The van der Waals surface area contributed by atoms with Gasteiger partial charge >= 0.3 is 6.09 Å². The fraction of sp³-hybridized carbons (Fsp3) is 0.737. The lowest BCUT2D eigenvalue weighted by Gasteiger charge is -2.37. The minimum absolute atomic E-state index is 0.0825. The number of hydrogen-bond donors (Lipinski definition) is 0. The summed E-state index contributed by atoms with van der Waals surface area (Å²) in [7, 11) is 2.16. The quantitative estimate of drug-likeness (QED) is 0.782. The molecule has 6 heteroatoms.